The van der Waals surface area contributed by atoms with E-state index in [1.54, 1.807) is 12.3 Å². The van der Waals surface area contributed by atoms with E-state index in [-0.39, 0.29) is 17.2 Å². The Morgan fingerprint density at radius 1 is 1.12 bits per heavy atom. The molecule has 0 fully saturated rings. The van der Waals surface area contributed by atoms with Gasteiger partial charge in [-0.25, -0.2) is 4.79 Å². The molecule has 1 aromatic heterocycles. The van der Waals surface area contributed by atoms with Crippen LogP contribution in [-0.4, -0.2) is 31.0 Å². The Labute approximate surface area is 192 Å². The molecule has 6 nitrogen and oxygen atoms in total. The minimum Gasteiger partial charge on any atom is -0.496 e. The van der Waals surface area contributed by atoms with Crippen molar-refractivity contribution in [2.75, 3.05) is 19.5 Å². The molecule has 3 aromatic rings. The van der Waals surface area contributed by atoms with Crippen molar-refractivity contribution in [3.8, 4) is 5.75 Å². The number of methoxy groups -OCH3 is 2. The number of ether oxygens (including phenoxy) is 2. The Kier molecular flexibility index (Phi) is 4.96. The summed E-state index contributed by atoms with van der Waals surface area (Å²) in [5, 5.41) is 4.64. The van der Waals surface area contributed by atoms with Crippen LogP contribution in [-0.2, 0) is 9.53 Å². The minimum atomic E-state index is -0.463. The molecule has 1 aliphatic carbocycles. The predicted molar refractivity (Wildman–Crippen MR) is 127 cm³/mol. The number of anilines is 1. The summed E-state index contributed by atoms with van der Waals surface area (Å²) in [7, 11) is 2.86. The van der Waals surface area contributed by atoms with Gasteiger partial charge in [0, 0.05) is 34.8 Å². The summed E-state index contributed by atoms with van der Waals surface area (Å²) in [4.78, 5) is 30.2. The molecule has 0 radical (unpaired) electrons. The lowest BCUT2D eigenvalue weighted by molar-refractivity contribution is -0.118. The van der Waals surface area contributed by atoms with E-state index in [1.165, 1.54) is 14.2 Å². The standard InChI is InChI=1S/C27H26N2O4/c1-27(2)13-18-23-16-6-5-11-28-19(16)9-10-20(23)29-25(24(18)21(30)14-27)15-7-8-17(26(31)33-4)22(12-15)32-3/h5-12,25,29H,13-14H2,1-4H3. The second kappa shape index (κ2) is 7.73. The van der Waals surface area contributed by atoms with E-state index in [0.29, 0.717) is 17.7 Å². The molecule has 1 atom stereocenters. The van der Waals surface area contributed by atoms with Crippen LogP contribution in [0.25, 0.3) is 16.5 Å². The van der Waals surface area contributed by atoms with Gasteiger partial charge in [0.25, 0.3) is 0 Å². The molecular weight excluding hydrogens is 416 g/mol. The number of hydrogen-bond donors (Lipinski definition) is 1. The molecule has 0 saturated heterocycles. The number of esters is 1. The van der Waals surface area contributed by atoms with Crippen LogP contribution in [0.1, 0.15) is 54.2 Å². The Morgan fingerprint density at radius 3 is 2.70 bits per heavy atom. The minimum absolute atomic E-state index is 0.133. The number of carbonyl (C=O) groups is 2. The monoisotopic (exact) mass is 442 g/mol. The van der Waals surface area contributed by atoms with Crippen molar-refractivity contribution in [1.82, 2.24) is 4.98 Å². The van der Waals surface area contributed by atoms with Crippen LogP contribution in [0.2, 0.25) is 0 Å². The van der Waals surface area contributed by atoms with E-state index in [4.69, 9.17) is 9.47 Å². The Morgan fingerprint density at radius 2 is 1.94 bits per heavy atom. The number of fused-ring (bicyclic) bond motifs is 4. The number of aromatic nitrogens is 1. The van der Waals surface area contributed by atoms with Gasteiger partial charge in [0.05, 0.1) is 25.8 Å². The van der Waals surface area contributed by atoms with E-state index >= 15 is 0 Å². The molecule has 1 N–H and O–H groups in total. The first-order valence-corrected chi connectivity index (χ1v) is 11.0. The first-order valence-electron chi connectivity index (χ1n) is 11.0. The largest absolute Gasteiger partial charge is 0.496 e. The quantitative estimate of drug-likeness (QED) is 0.552. The van der Waals surface area contributed by atoms with Crippen LogP contribution in [0.5, 0.6) is 5.75 Å². The fourth-order valence-electron chi connectivity index (χ4n) is 5.13. The number of allylic oxidation sites excluding steroid dienone is 1. The van der Waals surface area contributed by atoms with E-state index in [0.717, 1.165) is 45.3 Å². The van der Waals surface area contributed by atoms with Gasteiger partial charge >= 0.3 is 5.97 Å². The van der Waals surface area contributed by atoms with Gasteiger partial charge in [0.2, 0.25) is 0 Å². The van der Waals surface area contributed by atoms with Gasteiger partial charge in [-0.05, 0) is 53.3 Å². The predicted octanol–water partition coefficient (Wildman–Crippen LogP) is 5.34. The molecule has 0 bridgehead atoms. The SMILES string of the molecule is COC(=O)c1ccc(C2Nc3ccc4ncccc4c3C3=C2C(=O)CC(C)(C)C3)cc1OC. The molecule has 0 saturated carbocycles. The highest BCUT2D eigenvalue weighted by Crippen LogP contribution is 2.52. The number of carbonyl (C=O) groups excluding carboxylic acids is 2. The van der Waals surface area contributed by atoms with Gasteiger partial charge < -0.3 is 14.8 Å². The molecule has 0 spiro atoms. The zero-order chi connectivity index (χ0) is 23.3. The summed E-state index contributed by atoms with van der Waals surface area (Å²) in [5.74, 6) is 0.0939. The Hall–Kier alpha value is -3.67. The summed E-state index contributed by atoms with van der Waals surface area (Å²) in [6.45, 7) is 4.28. The fraction of sp³-hybridized carbons (Fsp3) is 0.296. The van der Waals surface area contributed by atoms with Gasteiger partial charge in [-0.3, -0.25) is 9.78 Å². The third-order valence-electron chi connectivity index (χ3n) is 6.56. The first-order chi connectivity index (χ1) is 15.8. The number of nitrogens with zero attached hydrogens (tertiary/aromatic N) is 1. The van der Waals surface area contributed by atoms with E-state index in [9.17, 15) is 9.59 Å². The molecule has 2 aliphatic rings. The Bertz CT molecular complexity index is 1340. The Balaban J connectivity index is 1.73. The number of benzene rings is 2. The molecule has 6 heteroatoms. The van der Waals surface area contributed by atoms with Crippen LogP contribution in [0, 0.1) is 5.41 Å². The third kappa shape index (κ3) is 3.46. The van der Waals surface area contributed by atoms with Gasteiger partial charge in [-0.1, -0.05) is 26.0 Å². The summed E-state index contributed by atoms with van der Waals surface area (Å²) in [5.41, 5.74) is 5.87. The van der Waals surface area contributed by atoms with E-state index in [2.05, 4.69) is 30.2 Å². The van der Waals surface area contributed by atoms with Crippen molar-refractivity contribution >= 4 is 33.9 Å². The van der Waals surface area contributed by atoms with E-state index in [1.807, 2.05) is 30.3 Å². The van der Waals surface area contributed by atoms with Gasteiger partial charge in [-0.2, -0.15) is 0 Å². The lowest BCUT2D eigenvalue weighted by Gasteiger charge is -2.40. The number of pyridine rings is 1. The van der Waals surface area contributed by atoms with Crippen molar-refractivity contribution < 1.29 is 19.1 Å². The number of Topliss-reactive ketones (excluding diaryl/α,β-unsaturated/α-hetero) is 1. The topological polar surface area (TPSA) is 77.5 Å². The van der Waals surface area contributed by atoms with Crippen LogP contribution < -0.4 is 10.1 Å². The number of ketones is 1. The fourth-order valence-corrected chi connectivity index (χ4v) is 5.13. The average Bonchev–Trinajstić information content (AvgIpc) is 2.81. The van der Waals surface area contributed by atoms with E-state index < -0.39 is 5.97 Å². The maximum atomic E-state index is 13.5. The molecule has 33 heavy (non-hydrogen) atoms. The van der Waals surface area contributed by atoms with Gasteiger partial charge in [0.15, 0.2) is 5.78 Å². The molecule has 5 rings (SSSR count). The van der Waals surface area contributed by atoms with Crippen LogP contribution in [0.15, 0.2) is 54.2 Å². The molecule has 2 aromatic carbocycles. The van der Waals surface area contributed by atoms with Crippen LogP contribution >= 0.6 is 0 Å². The highest BCUT2D eigenvalue weighted by atomic mass is 16.5. The van der Waals surface area contributed by atoms with Crippen molar-refractivity contribution in [3.63, 3.8) is 0 Å². The maximum absolute atomic E-state index is 13.5. The summed E-state index contributed by atoms with van der Waals surface area (Å²) in [6.07, 6.45) is 3.07. The molecule has 1 unspecified atom stereocenters. The summed E-state index contributed by atoms with van der Waals surface area (Å²) in [6, 6.07) is 13.1. The second-order valence-corrected chi connectivity index (χ2v) is 9.42. The number of rotatable bonds is 3. The molecule has 1 aliphatic heterocycles. The van der Waals surface area contributed by atoms with Crippen molar-refractivity contribution in [1.29, 1.82) is 0 Å². The smallest absolute Gasteiger partial charge is 0.341 e. The van der Waals surface area contributed by atoms with Crippen molar-refractivity contribution in [2.45, 2.75) is 32.7 Å². The highest BCUT2D eigenvalue weighted by molar-refractivity contribution is 6.12. The second-order valence-electron chi connectivity index (χ2n) is 9.42. The number of nitrogens with one attached hydrogen (secondary N) is 1. The van der Waals surface area contributed by atoms with Crippen LogP contribution in [0.4, 0.5) is 5.69 Å². The maximum Gasteiger partial charge on any atom is 0.341 e. The van der Waals surface area contributed by atoms with Gasteiger partial charge in [0.1, 0.15) is 11.3 Å². The van der Waals surface area contributed by atoms with Gasteiger partial charge in [-0.15, -0.1) is 0 Å². The normalized spacial score (nSPS) is 18.9. The van der Waals surface area contributed by atoms with Crippen molar-refractivity contribution in [2.24, 2.45) is 5.41 Å². The lowest BCUT2D eigenvalue weighted by atomic mass is 9.68. The third-order valence-corrected chi connectivity index (χ3v) is 6.56. The summed E-state index contributed by atoms with van der Waals surface area (Å²) >= 11 is 0. The molecule has 168 valence electrons. The molecule has 0 amide bonds. The zero-order valence-corrected chi connectivity index (χ0v) is 19.2. The lowest BCUT2D eigenvalue weighted by Crippen LogP contribution is -2.33. The number of hydrogen-bond acceptors (Lipinski definition) is 6. The zero-order valence-electron chi connectivity index (χ0n) is 19.2. The van der Waals surface area contributed by atoms with Crippen LogP contribution in [0.3, 0.4) is 0 Å². The summed E-state index contributed by atoms with van der Waals surface area (Å²) < 4.78 is 10.4. The molecular formula is C27H26N2O4. The highest BCUT2D eigenvalue weighted by Gasteiger charge is 2.41. The first kappa shape index (κ1) is 21.2. The van der Waals surface area contributed by atoms with Crippen molar-refractivity contribution in [3.05, 3.63) is 70.9 Å². The molecule has 2 heterocycles. The average molecular weight is 443 g/mol.